The van der Waals surface area contributed by atoms with Gasteiger partial charge in [0.25, 0.3) is 0 Å². The monoisotopic (exact) mass is 246 g/mol. The van der Waals surface area contributed by atoms with E-state index >= 15 is 0 Å². The van der Waals surface area contributed by atoms with E-state index in [1.807, 2.05) is 6.07 Å². The lowest BCUT2D eigenvalue weighted by Crippen LogP contribution is -2.43. The lowest BCUT2D eigenvalue weighted by molar-refractivity contribution is -0.119. The summed E-state index contributed by atoms with van der Waals surface area (Å²) < 4.78 is 0. The van der Waals surface area contributed by atoms with Crippen molar-refractivity contribution in [2.45, 2.75) is 25.3 Å². The summed E-state index contributed by atoms with van der Waals surface area (Å²) >= 11 is 0. The molecule has 0 saturated carbocycles. The van der Waals surface area contributed by atoms with E-state index in [-0.39, 0.29) is 11.9 Å². The number of rotatable bonds is 2. The van der Waals surface area contributed by atoms with Crippen LogP contribution in [0.4, 0.5) is 11.4 Å². The molecule has 1 fully saturated rings. The SMILES string of the molecule is NC(=O)C1CCN(c2cccc3c2CCCN3)N1. The van der Waals surface area contributed by atoms with Crippen LogP contribution in [0.3, 0.4) is 0 Å². The van der Waals surface area contributed by atoms with Crippen molar-refractivity contribution in [2.24, 2.45) is 5.73 Å². The largest absolute Gasteiger partial charge is 0.385 e. The zero-order valence-corrected chi connectivity index (χ0v) is 10.3. The smallest absolute Gasteiger partial charge is 0.236 e. The number of primary amides is 1. The number of nitrogens with one attached hydrogen (secondary N) is 2. The topological polar surface area (TPSA) is 70.4 Å². The van der Waals surface area contributed by atoms with Crippen molar-refractivity contribution in [3.8, 4) is 0 Å². The molecule has 0 radical (unpaired) electrons. The van der Waals surface area contributed by atoms with E-state index in [0.717, 1.165) is 32.4 Å². The van der Waals surface area contributed by atoms with Crippen molar-refractivity contribution in [3.63, 3.8) is 0 Å². The molecule has 4 N–H and O–H groups in total. The molecule has 1 aromatic carbocycles. The summed E-state index contributed by atoms with van der Waals surface area (Å²) in [5.41, 5.74) is 12.2. The van der Waals surface area contributed by atoms with Gasteiger partial charge in [0.2, 0.25) is 5.91 Å². The lowest BCUT2D eigenvalue weighted by atomic mass is 10.0. The average molecular weight is 246 g/mol. The molecule has 5 heteroatoms. The number of anilines is 2. The highest BCUT2D eigenvalue weighted by Crippen LogP contribution is 2.32. The fraction of sp³-hybridized carbons (Fsp3) is 0.462. The van der Waals surface area contributed by atoms with Gasteiger partial charge in [0, 0.05) is 24.3 Å². The molecule has 2 aliphatic rings. The molecule has 0 spiro atoms. The van der Waals surface area contributed by atoms with Gasteiger partial charge in [0.15, 0.2) is 0 Å². The molecular formula is C13H18N4O. The molecule has 1 saturated heterocycles. The Morgan fingerprint density at radius 2 is 2.33 bits per heavy atom. The van der Waals surface area contributed by atoms with Crippen molar-refractivity contribution in [1.82, 2.24) is 5.43 Å². The van der Waals surface area contributed by atoms with Gasteiger partial charge in [-0.3, -0.25) is 4.79 Å². The lowest BCUT2D eigenvalue weighted by Gasteiger charge is -2.27. The van der Waals surface area contributed by atoms with Crippen molar-refractivity contribution in [1.29, 1.82) is 0 Å². The fourth-order valence-electron chi connectivity index (χ4n) is 2.72. The number of hydrazine groups is 1. The molecule has 3 rings (SSSR count). The molecule has 1 aromatic rings. The molecule has 18 heavy (non-hydrogen) atoms. The third kappa shape index (κ3) is 1.90. The molecular weight excluding hydrogens is 228 g/mol. The maximum absolute atomic E-state index is 11.2. The minimum absolute atomic E-state index is 0.239. The van der Waals surface area contributed by atoms with Crippen LogP contribution < -0.4 is 21.5 Å². The number of carbonyl (C=O) groups excluding carboxylic acids is 1. The van der Waals surface area contributed by atoms with Crippen LogP contribution in [0.1, 0.15) is 18.4 Å². The Balaban J connectivity index is 1.87. The highest BCUT2D eigenvalue weighted by atomic mass is 16.1. The first kappa shape index (κ1) is 11.3. The first-order chi connectivity index (χ1) is 8.75. The molecule has 1 atom stereocenters. The number of amides is 1. The Kier molecular flexibility index (Phi) is 2.83. The van der Waals surface area contributed by atoms with E-state index in [2.05, 4.69) is 27.9 Å². The van der Waals surface area contributed by atoms with Gasteiger partial charge in [0.1, 0.15) is 6.04 Å². The van der Waals surface area contributed by atoms with Gasteiger partial charge >= 0.3 is 0 Å². The highest BCUT2D eigenvalue weighted by molar-refractivity contribution is 5.81. The molecule has 2 aliphatic heterocycles. The third-order valence-corrected chi connectivity index (χ3v) is 3.66. The first-order valence-corrected chi connectivity index (χ1v) is 6.44. The van der Waals surface area contributed by atoms with Gasteiger partial charge < -0.3 is 16.1 Å². The number of hydrogen-bond acceptors (Lipinski definition) is 4. The summed E-state index contributed by atoms with van der Waals surface area (Å²) in [7, 11) is 0. The number of fused-ring (bicyclic) bond motifs is 1. The molecule has 0 aromatic heterocycles. The number of benzene rings is 1. The van der Waals surface area contributed by atoms with Crippen molar-refractivity contribution < 1.29 is 4.79 Å². The highest BCUT2D eigenvalue weighted by Gasteiger charge is 2.28. The predicted octanol–water partition coefficient (Wildman–Crippen LogP) is 0.613. The summed E-state index contributed by atoms with van der Waals surface area (Å²) in [6, 6.07) is 6.02. The number of nitrogens with two attached hydrogens (primary N) is 1. The summed E-state index contributed by atoms with van der Waals surface area (Å²) in [6.45, 7) is 1.86. The number of hydrogen-bond donors (Lipinski definition) is 3. The van der Waals surface area contributed by atoms with E-state index in [0.29, 0.717) is 0 Å². The van der Waals surface area contributed by atoms with Crippen molar-refractivity contribution in [3.05, 3.63) is 23.8 Å². The Bertz CT molecular complexity index is 474. The van der Waals surface area contributed by atoms with E-state index in [4.69, 9.17) is 5.73 Å². The molecule has 96 valence electrons. The standard InChI is InChI=1S/C13H18N4O/c14-13(18)11-6-8-17(16-11)12-5-1-4-10-9(12)3-2-7-15-10/h1,4-5,11,15-16H,2-3,6-8H2,(H2,14,18). The average Bonchev–Trinajstić information content (AvgIpc) is 2.87. The number of carbonyl (C=O) groups is 1. The molecule has 2 heterocycles. The summed E-state index contributed by atoms with van der Waals surface area (Å²) in [5, 5.41) is 5.47. The van der Waals surface area contributed by atoms with Crippen LogP contribution in [0, 0.1) is 0 Å². The second-order valence-electron chi connectivity index (χ2n) is 4.86. The Morgan fingerprint density at radius 3 is 3.11 bits per heavy atom. The maximum Gasteiger partial charge on any atom is 0.236 e. The Labute approximate surface area is 106 Å². The van der Waals surface area contributed by atoms with Gasteiger partial charge in [0.05, 0.1) is 5.69 Å². The maximum atomic E-state index is 11.2. The van der Waals surface area contributed by atoms with Gasteiger partial charge in [-0.25, -0.2) is 5.43 Å². The Morgan fingerprint density at radius 1 is 1.44 bits per heavy atom. The van der Waals surface area contributed by atoms with Gasteiger partial charge in [-0.15, -0.1) is 0 Å². The van der Waals surface area contributed by atoms with Crippen molar-refractivity contribution >= 4 is 17.3 Å². The van der Waals surface area contributed by atoms with Crippen LogP contribution >= 0.6 is 0 Å². The quantitative estimate of drug-likeness (QED) is 0.715. The summed E-state index contributed by atoms with van der Waals surface area (Å²) in [4.78, 5) is 11.2. The van der Waals surface area contributed by atoms with E-state index in [1.54, 1.807) is 0 Å². The van der Waals surface area contributed by atoms with Gasteiger partial charge in [-0.1, -0.05) is 6.07 Å². The summed E-state index contributed by atoms with van der Waals surface area (Å²) in [5.74, 6) is -0.277. The van der Waals surface area contributed by atoms with Gasteiger partial charge in [-0.2, -0.15) is 0 Å². The predicted molar refractivity (Wildman–Crippen MR) is 71.3 cm³/mol. The first-order valence-electron chi connectivity index (χ1n) is 6.44. The van der Waals surface area contributed by atoms with Gasteiger partial charge in [-0.05, 0) is 31.4 Å². The molecule has 1 unspecified atom stereocenters. The molecule has 0 aliphatic carbocycles. The van der Waals surface area contributed by atoms with Crippen LogP contribution in [0.25, 0.3) is 0 Å². The zero-order valence-electron chi connectivity index (χ0n) is 10.3. The van der Waals surface area contributed by atoms with Crippen LogP contribution in [0.5, 0.6) is 0 Å². The van der Waals surface area contributed by atoms with Crippen molar-refractivity contribution in [2.75, 3.05) is 23.4 Å². The molecule has 1 amide bonds. The van der Waals surface area contributed by atoms with Crippen LogP contribution in [-0.2, 0) is 11.2 Å². The van der Waals surface area contributed by atoms with E-state index < -0.39 is 0 Å². The van der Waals surface area contributed by atoms with E-state index in [9.17, 15) is 4.79 Å². The minimum Gasteiger partial charge on any atom is -0.385 e. The van der Waals surface area contributed by atoms with E-state index in [1.165, 1.54) is 16.9 Å². The second-order valence-corrected chi connectivity index (χ2v) is 4.86. The Hall–Kier alpha value is -1.75. The number of nitrogens with zero attached hydrogens (tertiary/aromatic N) is 1. The van der Waals surface area contributed by atoms with Crippen LogP contribution in [-0.4, -0.2) is 25.0 Å². The second kappa shape index (κ2) is 4.49. The van der Waals surface area contributed by atoms with Crippen LogP contribution in [0.15, 0.2) is 18.2 Å². The zero-order chi connectivity index (χ0) is 12.5. The fourth-order valence-corrected chi connectivity index (χ4v) is 2.72. The summed E-state index contributed by atoms with van der Waals surface area (Å²) in [6.07, 6.45) is 3.00. The third-order valence-electron chi connectivity index (χ3n) is 3.66. The molecule has 0 bridgehead atoms. The van der Waals surface area contributed by atoms with Crippen LogP contribution in [0.2, 0.25) is 0 Å². The normalized spacial score (nSPS) is 22.4. The molecule has 5 nitrogen and oxygen atoms in total. The minimum atomic E-state index is -0.277.